The minimum absolute atomic E-state index is 0.134. The Morgan fingerprint density at radius 2 is 1.70 bits per heavy atom. The highest BCUT2D eigenvalue weighted by Gasteiger charge is 2.37. The van der Waals surface area contributed by atoms with Gasteiger partial charge in [-0.05, 0) is 48.5 Å². The van der Waals surface area contributed by atoms with Crippen molar-refractivity contribution in [2.24, 2.45) is 0 Å². The number of hydrogen-bond donors (Lipinski definition) is 1. The van der Waals surface area contributed by atoms with Gasteiger partial charge in [-0.3, -0.25) is 14.9 Å². The molecule has 27 heavy (non-hydrogen) atoms. The first-order valence-corrected chi connectivity index (χ1v) is 7.83. The zero-order valence-electron chi connectivity index (χ0n) is 14.5. The van der Waals surface area contributed by atoms with Crippen LogP contribution in [-0.2, 0) is 9.59 Å². The van der Waals surface area contributed by atoms with Crippen LogP contribution in [0, 0.1) is 5.82 Å². The average Bonchev–Trinajstić information content (AvgIpc) is 2.66. The Balaban J connectivity index is 2.05. The molecule has 138 valence electrons. The van der Waals surface area contributed by atoms with E-state index in [4.69, 9.17) is 9.47 Å². The van der Waals surface area contributed by atoms with Crippen molar-refractivity contribution < 1.29 is 28.2 Å². The Labute approximate surface area is 154 Å². The van der Waals surface area contributed by atoms with Crippen molar-refractivity contribution in [2.45, 2.75) is 0 Å². The first-order chi connectivity index (χ1) is 12.9. The van der Waals surface area contributed by atoms with E-state index in [0.717, 1.165) is 17.0 Å². The molecule has 0 unspecified atom stereocenters. The molecule has 0 atom stereocenters. The van der Waals surface area contributed by atoms with Gasteiger partial charge in [-0.25, -0.2) is 14.1 Å². The molecule has 2 aromatic rings. The Hall–Kier alpha value is -3.68. The lowest BCUT2D eigenvalue weighted by molar-refractivity contribution is -0.122. The van der Waals surface area contributed by atoms with Gasteiger partial charge in [0.25, 0.3) is 11.8 Å². The fraction of sp³-hybridized carbons (Fsp3) is 0.105. The van der Waals surface area contributed by atoms with E-state index in [1.54, 1.807) is 18.2 Å². The summed E-state index contributed by atoms with van der Waals surface area (Å²) in [5, 5.41) is 2.10. The van der Waals surface area contributed by atoms with E-state index in [0.29, 0.717) is 17.1 Å². The maximum absolute atomic E-state index is 13.1. The van der Waals surface area contributed by atoms with E-state index in [1.165, 1.54) is 32.4 Å². The summed E-state index contributed by atoms with van der Waals surface area (Å²) < 4.78 is 23.5. The van der Waals surface area contributed by atoms with Crippen molar-refractivity contribution in [2.75, 3.05) is 19.1 Å². The molecule has 8 heteroatoms. The van der Waals surface area contributed by atoms with Crippen LogP contribution in [0.25, 0.3) is 6.08 Å². The highest BCUT2D eigenvalue weighted by atomic mass is 19.1. The number of urea groups is 1. The summed E-state index contributed by atoms with van der Waals surface area (Å²) in [6.07, 6.45) is 1.31. The molecule has 1 N–H and O–H groups in total. The molecule has 1 fully saturated rings. The van der Waals surface area contributed by atoms with Crippen LogP contribution >= 0.6 is 0 Å². The summed E-state index contributed by atoms with van der Waals surface area (Å²) in [5.74, 6) is -1.28. The van der Waals surface area contributed by atoms with Crippen molar-refractivity contribution in [3.05, 3.63) is 59.4 Å². The molecule has 1 saturated heterocycles. The lowest BCUT2D eigenvalue weighted by Gasteiger charge is -2.26. The molecule has 1 aliphatic rings. The third-order valence-electron chi connectivity index (χ3n) is 3.92. The van der Waals surface area contributed by atoms with Crippen LogP contribution in [0.2, 0.25) is 0 Å². The Morgan fingerprint density at radius 1 is 1.00 bits per heavy atom. The van der Waals surface area contributed by atoms with Crippen LogP contribution in [0.15, 0.2) is 48.0 Å². The lowest BCUT2D eigenvalue weighted by Crippen LogP contribution is -2.54. The molecule has 0 radical (unpaired) electrons. The average molecular weight is 370 g/mol. The Morgan fingerprint density at radius 3 is 2.33 bits per heavy atom. The maximum atomic E-state index is 13.1. The fourth-order valence-corrected chi connectivity index (χ4v) is 2.59. The summed E-state index contributed by atoms with van der Waals surface area (Å²) in [5.41, 5.74) is 0.282. The lowest BCUT2D eigenvalue weighted by atomic mass is 10.1. The second kappa shape index (κ2) is 7.28. The summed E-state index contributed by atoms with van der Waals surface area (Å²) in [7, 11) is 2.92. The molecule has 0 aliphatic carbocycles. The van der Waals surface area contributed by atoms with Crippen LogP contribution in [0.1, 0.15) is 5.56 Å². The molecule has 1 heterocycles. The molecule has 2 aromatic carbocycles. The van der Waals surface area contributed by atoms with Crippen LogP contribution < -0.4 is 19.7 Å². The largest absolute Gasteiger partial charge is 0.497 e. The van der Waals surface area contributed by atoms with Crippen LogP contribution in [0.4, 0.5) is 14.9 Å². The number of nitrogens with one attached hydrogen (secondary N) is 1. The van der Waals surface area contributed by atoms with Crippen molar-refractivity contribution in [1.29, 1.82) is 0 Å². The summed E-state index contributed by atoms with van der Waals surface area (Å²) in [6.45, 7) is 0. The molecule has 4 amide bonds. The van der Waals surface area contributed by atoms with Crippen LogP contribution in [0.5, 0.6) is 11.5 Å². The van der Waals surface area contributed by atoms with Crippen molar-refractivity contribution >= 4 is 29.6 Å². The second-order valence-corrected chi connectivity index (χ2v) is 5.54. The number of methoxy groups -OCH3 is 2. The fourth-order valence-electron chi connectivity index (χ4n) is 2.59. The van der Waals surface area contributed by atoms with E-state index in [-0.39, 0.29) is 11.3 Å². The SMILES string of the molecule is COc1ccc(OC)c(/C=C2\C(=O)NC(=O)N(c3ccc(F)cc3)C2=O)c1. The number of imide groups is 2. The Kier molecular flexibility index (Phi) is 4.89. The van der Waals surface area contributed by atoms with Gasteiger partial charge in [-0.15, -0.1) is 0 Å². The van der Waals surface area contributed by atoms with Gasteiger partial charge in [0.1, 0.15) is 22.9 Å². The van der Waals surface area contributed by atoms with Gasteiger partial charge in [0.05, 0.1) is 19.9 Å². The number of halogens is 1. The highest BCUT2D eigenvalue weighted by Crippen LogP contribution is 2.28. The number of benzene rings is 2. The third-order valence-corrected chi connectivity index (χ3v) is 3.92. The first kappa shape index (κ1) is 18.1. The molecule has 3 rings (SSSR count). The molecule has 0 bridgehead atoms. The van der Waals surface area contributed by atoms with Gasteiger partial charge in [0.15, 0.2) is 0 Å². The second-order valence-electron chi connectivity index (χ2n) is 5.54. The Bertz CT molecular complexity index is 953. The number of barbiturate groups is 1. The van der Waals surface area contributed by atoms with Crippen molar-refractivity contribution in [3.63, 3.8) is 0 Å². The number of hydrogen-bond acceptors (Lipinski definition) is 5. The molecular weight excluding hydrogens is 355 g/mol. The predicted molar refractivity (Wildman–Crippen MR) is 94.9 cm³/mol. The maximum Gasteiger partial charge on any atom is 0.335 e. The van der Waals surface area contributed by atoms with Crippen molar-refractivity contribution in [3.8, 4) is 11.5 Å². The molecule has 0 saturated carbocycles. The van der Waals surface area contributed by atoms with Gasteiger partial charge in [0, 0.05) is 5.56 Å². The number of amides is 4. The number of rotatable bonds is 4. The molecular formula is C19H15FN2O5. The van der Waals surface area contributed by atoms with Crippen molar-refractivity contribution in [1.82, 2.24) is 5.32 Å². The number of carbonyl (C=O) groups excluding carboxylic acids is 3. The molecule has 0 spiro atoms. The quantitative estimate of drug-likeness (QED) is 0.660. The third kappa shape index (κ3) is 3.50. The molecule has 1 aliphatic heterocycles. The highest BCUT2D eigenvalue weighted by molar-refractivity contribution is 6.39. The summed E-state index contributed by atoms with van der Waals surface area (Å²) >= 11 is 0. The number of carbonyl (C=O) groups is 3. The molecule has 7 nitrogen and oxygen atoms in total. The number of nitrogens with zero attached hydrogens (tertiary/aromatic N) is 1. The zero-order valence-corrected chi connectivity index (χ0v) is 14.5. The van der Waals surface area contributed by atoms with Gasteiger partial charge in [-0.1, -0.05) is 0 Å². The zero-order chi connectivity index (χ0) is 19.6. The summed E-state index contributed by atoms with van der Waals surface area (Å²) in [6, 6.07) is 8.73. The molecule has 0 aromatic heterocycles. The number of ether oxygens (including phenoxy) is 2. The normalized spacial score (nSPS) is 15.7. The summed E-state index contributed by atoms with van der Waals surface area (Å²) in [4.78, 5) is 37.9. The van der Waals surface area contributed by atoms with Gasteiger partial charge >= 0.3 is 6.03 Å². The standard InChI is InChI=1S/C19H15FN2O5/c1-26-14-7-8-16(27-2)11(9-14)10-15-17(23)21-19(25)22(18(15)24)13-5-3-12(20)4-6-13/h3-10H,1-2H3,(H,21,23,25)/b15-10+. The monoisotopic (exact) mass is 370 g/mol. The van der Waals surface area contributed by atoms with Gasteiger partial charge in [-0.2, -0.15) is 0 Å². The minimum atomic E-state index is -0.911. The van der Waals surface area contributed by atoms with E-state index in [1.807, 2.05) is 0 Å². The van der Waals surface area contributed by atoms with E-state index < -0.39 is 23.7 Å². The smallest absolute Gasteiger partial charge is 0.335 e. The minimum Gasteiger partial charge on any atom is -0.497 e. The van der Waals surface area contributed by atoms with E-state index >= 15 is 0 Å². The van der Waals surface area contributed by atoms with Gasteiger partial charge in [0.2, 0.25) is 0 Å². The van der Waals surface area contributed by atoms with E-state index in [2.05, 4.69) is 5.32 Å². The predicted octanol–water partition coefficient (Wildman–Crippen LogP) is 2.51. The topological polar surface area (TPSA) is 84.9 Å². The van der Waals surface area contributed by atoms with Gasteiger partial charge < -0.3 is 9.47 Å². The van der Waals surface area contributed by atoms with Crippen LogP contribution in [-0.4, -0.2) is 32.1 Å². The van der Waals surface area contributed by atoms with Crippen LogP contribution in [0.3, 0.4) is 0 Å². The van der Waals surface area contributed by atoms with E-state index in [9.17, 15) is 18.8 Å². The first-order valence-electron chi connectivity index (χ1n) is 7.83. The number of anilines is 1.